The van der Waals surface area contributed by atoms with E-state index in [2.05, 4.69) is 11.8 Å². The number of ketones is 2. The van der Waals surface area contributed by atoms with Gasteiger partial charge < -0.3 is 0 Å². The van der Waals surface area contributed by atoms with E-state index in [4.69, 9.17) is 12.8 Å². The molecule has 0 bridgehead atoms. The number of carbonyl (C=O) groups excluding carboxylic acids is 2. The zero-order valence-electron chi connectivity index (χ0n) is 16.7. The van der Waals surface area contributed by atoms with E-state index in [0.717, 1.165) is 43.8 Å². The van der Waals surface area contributed by atoms with Gasteiger partial charge in [-0.2, -0.15) is 0 Å². The van der Waals surface area contributed by atoms with Crippen LogP contribution in [-0.4, -0.2) is 11.6 Å². The van der Waals surface area contributed by atoms with Gasteiger partial charge in [-0.1, -0.05) is 48.2 Å². The normalized spacial score (nSPS) is 10.5. The highest BCUT2D eigenvalue weighted by Crippen LogP contribution is 2.40. The van der Waals surface area contributed by atoms with Crippen molar-refractivity contribution in [1.29, 1.82) is 0 Å². The second-order valence-electron chi connectivity index (χ2n) is 7.25. The van der Waals surface area contributed by atoms with Gasteiger partial charge in [-0.25, -0.2) is 0 Å². The summed E-state index contributed by atoms with van der Waals surface area (Å²) in [5.74, 6) is 5.16. The van der Waals surface area contributed by atoms with E-state index < -0.39 is 0 Å². The van der Waals surface area contributed by atoms with Crippen LogP contribution in [0.1, 0.15) is 45.7 Å². The predicted molar refractivity (Wildman–Crippen MR) is 123 cm³/mol. The molecule has 0 aliphatic rings. The Bertz CT molecular complexity index is 1340. The number of carbonyl (C=O) groups is 2. The fourth-order valence-corrected chi connectivity index (χ4v) is 3.96. The lowest BCUT2D eigenvalue weighted by molar-refractivity contribution is 0.100. The van der Waals surface area contributed by atoms with Crippen molar-refractivity contribution < 1.29 is 9.59 Å². The molecule has 2 heteroatoms. The molecular formula is C28H18O2. The zero-order valence-corrected chi connectivity index (χ0v) is 16.7. The van der Waals surface area contributed by atoms with Crippen LogP contribution in [0.4, 0.5) is 0 Å². The van der Waals surface area contributed by atoms with Gasteiger partial charge in [0.25, 0.3) is 0 Å². The first-order valence-electron chi connectivity index (χ1n) is 9.53. The monoisotopic (exact) mass is 386 g/mol. The molecular weight excluding hydrogens is 368 g/mol. The van der Waals surface area contributed by atoms with E-state index in [1.165, 1.54) is 13.8 Å². The summed E-state index contributed by atoms with van der Waals surface area (Å²) in [5.41, 5.74) is 4.12. The highest BCUT2D eigenvalue weighted by Gasteiger charge is 2.20. The van der Waals surface area contributed by atoms with E-state index in [-0.39, 0.29) is 11.6 Å². The number of rotatable bonds is 3. The van der Waals surface area contributed by atoms with E-state index >= 15 is 0 Å². The van der Waals surface area contributed by atoms with Crippen LogP contribution >= 0.6 is 0 Å². The maximum absolute atomic E-state index is 12.6. The minimum absolute atomic E-state index is 0.0697. The SMILES string of the molecule is C#Cc1ccc2c(-c3c(C(C)=O)ccc4cc(C#C)ccc34)c(C(C)=O)ccc2c1. The lowest BCUT2D eigenvalue weighted by Gasteiger charge is -2.17. The summed E-state index contributed by atoms with van der Waals surface area (Å²) >= 11 is 0. The number of hydrogen-bond donors (Lipinski definition) is 0. The molecule has 2 nitrogen and oxygen atoms in total. The summed E-state index contributed by atoms with van der Waals surface area (Å²) < 4.78 is 0. The van der Waals surface area contributed by atoms with Gasteiger partial charge in [0.15, 0.2) is 11.6 Å². The average Bonchev–Trinajstić information content (AvgIpc) is 2.76. The molecule has 0 amide bonds. The Hall–Kier alpha value is -4.14. The Balaban J connectivity index is 2.24. The van der Waals surface area contributed by atoms with E-state index in [0.29, 0.717) is 11.1 Å². The largest absolute Gasteiger partial charge is 0.294 e. The highest BCUT2D eigenvalue weighted by molar-refractivity contribution is 6.19. The summed E-state index contributed by atoms with van der Waals surface area (Å²) in [5, 5.41) is 3.57. The lowest BCUT2D eigenvalue weighted by Crippen LogP contribution is -2.03. The smallest absolute Gasteiger partial charge is 0.160 e. The summed E-state index contributed by atoms with van der Waals surface area (Å²) in [4.78, 5) is 25.2. The second-order valence-corrected chi connectivity index (χ2v) is 7.25. The molecule has 0 atom stereocenters. The predicted octanol–water partition coefficient (Wildman–Crippen LogP) is 6.03. The third-order valence-corrected chi connectivity index (χ3v) is 5.38. The molecule has 0 aliphatic heterocycles. The molecule has 4 rings (SSSR count). The van der Waals surface area contributed by atoms with Crippen molar-refractivity contribution in [3.63, 3.8) is 0 Å². The Morgan fingerprint density at radius 2 is 1.03 bits per heavy atom. The van der Waals surface area contributed by atoms with Crippen LogP contribution in [0.3, 0.4) is 0 Å². The van der Waals surface area contributed by atoms with Crippen molar-refractivity contribution in [3.8, 4) is 35.8 Å². The Kier molecular flexibility index (Phi) is 4.71. The second kappa shape index (κ2) is 7.36. The molecule has 4 aromatic rings. The molecule has 0 aromatic heterocycles. The third kappa shape index (κ3) is 3.06. The molecule has 0 aliphatic carbocycles. The van der Waals surface area contributed by atoms with Gasteiger partial charge in [-0.3, -0.25) is 9.59 Å². The first kappa shape index (κ1) is 19.2. The van der Waals surface area contributed by atoms with Gasteiger partial charge in [-0.15, -0.1) is 12.8 Å². The molecule has 142 valence electrons. The number of fused-ring (bicyclic) bond motifs is 2. The summed E-state index contributed by atoms with van der Waals surface area (Å²) in [7, 11) is 0. The van der Waals surface area contributed by atoms with Crippen molar-refractivity contribution in [2.75, 3.05) is 0 Å². The summed E-state index contributed by atoms with van der Waals surface area (Å²) in [6, 6.07) is 18.8. The Labute approximate surface area is 175 Å². The molecule has 0 saturated heterocycles. The fourth-order valence-electron chi connectivity index (χ4n) is 3.96. The molecule has 0 heterocycles. The maximum atomic E-state index is 12.6. The number of benzene rings is 4. The van der Waals surface area contributed by atoms with Crippen molar-refractivity contribution in [2.45, 2.75) is 13.8 Å². The lowest BCUT2D eigenvalue weighted by atomic mass is 9.84. The maximum Gasteiger partial charge on any atom is 0.160 e. The van der Waals surface area contributed by atoms with Crippen LogP contribution in [0.5, 0.6) is 0 Å². The van der Waals surface area contributed by atoms with Gasteiger partial charge in [-0.05, 0) is 59.7 Å². The molecule has 0 radical (unpaired) electrons. The van der Waals surface area contributed by atoms with Gasteiger partial charge >= 0.3 is 0 Å². The quantitative estimate of drug-likeness (QED) is 0.318. The van der Waals surface area contributed by atoms with Crippen molar-refractivity contribution >= 4 is 33.1 Å². The van der Waals surface area contributed by atoms with E-state index in [9.17, 15) is 9.59 Å². The van der Waals surface area contributed by atoms with Gasteiger partial charge in [0, 0.05) is 33.4 Å². The van der Waals surface area contributed by atoms with Crippen LogP contribution in [-0.2, 0) is 0 Å². The van der Waals surface area contributed by atoms with Gasteiger partial charge in [0.2, 0.25) is 0 Å². The summed E-state index contributed by atoms with van der Waals surface area (Å²) in [6.07, 6.45) is 11.1. The average molecular weight is 386 g/mol. The molecule has 0 unspecified atom stereocenters. The van der Waals surface area contributed by atoms with Gasteiger partial charge in [0.05, 0.1) is 0 Å². The first-order valence-corrected chi connectivity index (χ1v) is 9.53. The Morgan fingerprint density at radius 1 is 0.633 bits per heavy atom. The van der Waals surface area contributed by atoms with Crippen LogP contribution in [0.25, 0.3) is 32.7 Å². The highest BCUT2D eigenvalue weighted by atomic mass is 16.1. The molecule has 0 N–H and O–H groups in total. The minimum atomic E-state index is -0.0697. The third-order valence-electron chi connectivity index (χ3n) is 5.38. The Morgan fingerprint density at radius 3 is 1.37 bits per heavy atom. The number of hydrogen-bond acceptors (Lipinski definition) is 2. The van der Waals surface area contributed by atoms with Crippen LogP contribution in [0.15, 0.2) is 60.7 Å². The molecule has 0 spiro atoms. The van der Waals surface area contributed by atoms with Crippen LogP contribution in [0.2, 0.25) is 0 Å². The number of Topliss-reactive ketones (excluding diaryl/α,β-unsaturated/α-hetero) is 2. The van der Waals surface area contributed by atoms with Crippen LogP contribution in [0, 0.1) is 24.7 Å². The fraction of sp³-hybridized carbons (Fsp3) is 0.0714. The zero-order chi connectivity index (χ0) is 21.4. The van der Waals surface area contributed by atoms with Crippen LogP contribution < -0.4 is 0 Å². The standard InChI is InChI=1S/C28H18O2/c1-5-19-7-11-25-21(15-19)9-13-23(17(3)29)27(25)28-24(18(4)30)14-10-22-16-20(6-2)8-12-26(22)28/h1-2,7-16H,3-4H3. The summed E-state index contributed by atoms with van der Waals surface area (Å²) in [6.45, 7) is 3.07. The first-order chi connectivity index (χ1) is 14.4. The van der Waals surface area contributed by atoms with Gasteiger partial charge in [0.1, 0.15) is 0 Å². The number of terminal acetylenes is 2. The van der Waals surface area contributed by atoms with Crippen molar-refractivity contribution in [1.82, 2.24) is 0 Å². The van der Waals surface area contributed by atoms with Crippen molar-refractivity contribution in [3.05, 3.63) is 82.9 Å². The van der Waals surface area contributed by atoms with Crippen molar-refractivity contribution in [2.24, 2.45) is 0 Å². The molecule has 30 heavy (non-hydrogen) atoms. The topological polar surface area (TPSA) is 34.1 Å². The van der Waals surface area contributed by atoms with E-state index in [1.807, 2.05) is 48.5 Å². The molecule has 0 saturated carbocycles. The van der Waals surface area contributed by atoms with E-state index in [1.54, 1.807) is 12.1 Å². The molecule has 0 fully saturated rings. The molecule has 4 aromatic carbocycles. The minimum Gasteiger partial charge on any atom is -0.294 e.